The SMILES string of the molecule is CC(C)(C)Oc1ccnc(Br)c1. The molecule has 0 atom stereocenters. The highest BCUT2D eigenvalue weighted by Crippen LogP contribution is 2.19. The van der Waals surface area contributed by atoms with Crippen molar-refractivity contribution in [1.29, 1.82) is 0 Å². The molecule has 0 aliphatic rings. The van der Waals surface area contributed by atoms with Crippen LogP contribution in [0.3, 0.4) is 0 Å². The third-order valence-electron chi connectivity index (χ3n) is 1.12. The first-order valence-electron chi connectivity index (χ1n) is 3.78. The molecule has 0 unspecified atom stereocenters. The van der Waals surface area contributed by atoms with Crippen LogP contribution in [0.2, 0.25) is 0 Å². The Morgan fingerprint density at radius 3 is 2.58 bits per heavy atom. The molecule has 0 aliphatic heterocycles. The van der Waals surface area contributed by atoms with E-state index in [0.29, 0.717) is 0 Å². The van der Waals surface area contributed by atoms with E-state index < -0.39 is 0 Å². The van der Waals surface area contributed by atoms with Crippen molar-refractivity contribution in [2.75, 3.05) is 0 Å². The molecule has 1 rings (SSSR count). The van der Waals surface area contributed by atoms with Crippen molar-refractivity contribution in [2.45, 2.75) is 26.4 Å². The first-order valence-corrected chi connectivity index (χ1v) is 4.57. The Morgan fingerprint density at radius 1 is 1.42 bits per heavy atom. The number of rotatable bonds is 1. The van der Waals surface area contributed by atoms with Crippen molar-refractivity contribution in [3.8, 4) is 5.75 Å². The Hall–Kier alpha value is -0.570. The number of hydrogen-bond acceptors (Lipinski definition) is 2. The molecule has 1 aromatic rings. The molecule has 0 spiro atoms. The Bertz CT molecular complexity index is 267. The van der Waals surface area contributed by atoms with E-state index in [2.05, 4.69) is 20.9 Å². The number of nitrogens with zero attached hydrogens (tertiary/aromatic N) is 1. The molecule has 0 saturated heterocycles. The molecule has 0 N–H and O–H groups in total. The van der Waals surface area contributed by atoms with Gasteiger partial charge in [-0.2, -0.15) is 0 Å². The molecule has 3 heteroatoms. The van der Waals surface area contributed by atoms with Gasteiger partial charge in [-0.05, 0) is 42.8 Å². The van der Waals surface area contributed by atoms with Gasteiger partial charge >= 0.3 is 0 Å². The van der Waals surface area contributed by atoms with E-state index in [0.717, 1.165) is 10.4 Å². The number of hydrogen-bond donors (Lipinski definition) is 0. The second-order valence-corrected chi connectivity index (χ2v) is 4.34. The maximum atomic E-state index is 5.61. The summed E-state index contributed by atoms with van der Waals surface area (Å²) in [6, 6.07) is 3.70. The largest absolute Gasteiger partial charge is 0.488 e. The molecule has 1 heterocycles. The summed E-state index contributed by atoms with van der Waals surface area (Å²) in [7, 11) is 0. The molecule has 1 aromatic heterocycles. The van der Waals surface area contributed by atoms with E-state index >= 15 is 0 Å². The fraction of sp³-hybridized carbons (Fsp3) is 0.444. The monoisotopic (exact) mass is 229 g/mol. The van der Waals surface area contributed by atoms with Crippen molar-refractivity contribution in [3.05, 3.63) is 22.9 Å². The Balaban J connectivity index is 2.77. The van der Waals surface area contributed by atoms with Crippen LogP contribution in [0.1, 0.15) is 20.8 Å². The topological polar surface area (TPSA) is 22.1 Å². The molecule has 0 aliphatic carbocycles. The summed E-state index contributed by atoms with van der Waals surface area (Å²) in [4.78, 5) is 4.01. The van der Waals surface area contributed by atoms with Crippen LogP contribution in [0.5, 0.6) is 5.75 Å². The van der Waals surface area contributed by atoms with Crippen molar-refractivity contribution >= 4 is 15.9 Å². The molecule has 0 fully saturated rings. The third kappa shape index (κ3) is 3.22. The second-order valence-electron chi connectivity index (χ2n) is 3.53. The standard InChI is InChI=1S/C9H12BrNO/c1-9(2,3)12-7-4-5-11-8(10)6-7/h4-6H,1-3H3. The van der Waals surface area contributed by atoms with E-state index in [1.165, 1.54) is 0 Å². The van der Waals surface area contributed by atoms with E-state index in [1.807, 2.05) is 32.9 Å². The lowest BCUT2D eigenvalue weighted by Gasteiger charge is -2.20. The number of pyridine rings is 1. The lowest BCUT2D eigenvalue weighted by atomic mass is 10.2. The molecule has 0 aromatic carbocycles. The third-order valence-corrected chi connectivity index (χ3v) is 1.56. The van der Waals surface area contributed by atoms with Gasteiger partial charge in [-0.1, -0.05) is 0 Å². The van der Waals surface area contributed by atoms with Gasteiger partial charge in [0.25, 0.3) is 0 Å². The van der Waals surface area contributed by atoms with Crippen molar-refractivity contribution in [1.82, 2.24) is 4.98 Å². The van der Waals surface area contributed by atoms with Gasteiger partial charge in [0.1, 0.15) is 16.0 Å². The van der Waals surface area contributed by atoms with E-state index in [1.54, 1.807) is 6.20 Å². The average molecular weight is 230 g/mol. The zero-order chi connectivity index (χ0) is 9.19. The van der Waals surface area contributed by atoms with Crippen LogP contribution in [-0.2, 0) is 0 Å². The smallest absolute Gasteiger partial charge is 0.124 e. The molecule has 66 valence electrons. The molecular formula is C9H12BrNO. The highest BCUT2D eigenvalue weighted by molar-refractivity contribution is 9.10. The van der Waals surface area contributed by atoms with E-state index in [4.69, 9.17) is 4.74 Å². The zero-order valence-corrected chi connectivity index (χ0v) is 9.05. The first kappa shape index (κ1) is 9.52. The van der Waals surface area contributed by atoms with Crippen molar-refractivity contribution in [2.24, 2.45) is 0 Å². The minimum Gasteiger partial charge on any atom is -0.488 e. The van der Waals surface area contributed by atoms with Gasteiger partial charge < -0.3 is 4.74 Å². The Labute approximate surface area is 81.1 Å². The van der Waals surface area contributed by atoms with Crippen LogP contribution >= 0.6 is 15.9 Å². The molecule has 0 radical (unpaired) electrons. The predicted octanol–water partition coefficient (Wildman–Crippen LogP) is 3.02. The summed E-state index contributed by atoms with van der Waals surface area (Å²) in [6.07, 6.45) is 1.71. The van der Waals surface area contributed by atoms with Gasteiger partial charge in [0, 0.05) is 12.3 Å². The van der Waals surface area contributed by atoms with E-state index in [-0.39, 0.29) is 5.60 Å². The fourth-order valence-corrected chi connectivity index (χ4v) is 1.15. The Morgan fingerprint density at radius 2 is 2.08 bits per heavy atom. The van der Waals surface area contributed by atoms with Crippen LogP contribution in [-0.4, -0.2) is 10.6 Å². The van der Waals surface area contributed by atoms with Gasteiger partial charge in [0.15, 0.2) is 0 Å². The summed E-state index contributed by atoms with van der Waals surface area (Å²) < 4.78 is 6.41. The molecule has 0 bridgehead atoms. The summed E-state index contributed by atoms with van der Waals surface area (Å²) in [5.74, 6) is 0.837. The highest BCUT2D eigenvalue weighted by Gasteiger charge is 2.11. The van der Waals surface area contributed by atoms with Crippen molar-refractivity contribution in [3.63, 3.8) is 0 Å². The summed E-state index contributed by atoms with van der Waals surface area (Å²) in [5.41, 5.74) is -0.152. The van der Waals surface area contributed by atoms with Gasteiger partial charge in [-0.25, -0.2) is 4.98 Å². The number of aromatic nitrogens is 1. The minimum absolute atomic E-state index is 0.152. The number of halogens is 1. The number of ether oxygens (including phenoxy) is 1. The van der Waals surface area contributed by atoms with Crippen LogP contribution < -0.4 is 4.74 Å². The van der Waals surface area contributed by atoms with Crippen molar-refractivity contribution < 1.29 is 4.74 Å². The lowest BCUT2D eigenvalue weighted by molar-refractivity contribution is 0.130. The predicted molar refractivity (Wildman–Crippen MR) is 52.3 cm³/mol. The fourth-order valence-electron chi connectivity index (χ4n) is 0.802. The molecule has 12 heavy (non-hydrogen) atoms. The van der Waals surface area contributed by atoms with Crippen LogP contribution in [0.25, 0.3) is 0 Å². The molecule has 0 amide bonds. The molecule has 2 nitrogen and oxygen atoms in total. The van der Waals surface area contributed by atoms with Crippen LogP contribution in [0.15, 0.2) is 22.9 Å². The van der Waals surface area contributed by atoms with Gasteiger partial charge in [0.05, 0.1) is 0 Å². The van der Waals surface area contributed by atoms with Gasteiger partial charge in [0.2, 0.25) is 0 Å². The molecular weight excluding hydrogens is 218 g/mol. The van der Waals surface area contributed by atoms with Crippen LogP contribution in [0, 0.1) is 0 Å². The zero-order valence-electron chi connectivity index (χ0n) is 7.47. The van der Waals surface area contributed by atoms with Crippen LogP contribution in [0.4, 0.5) is 0 Å². The normalized spacial score (nSPS) is 11.3. The summed E-state index contributed by atoms with van der Waals surface area (Å²) in [6.45, 7) is 6.05. The lowest BCUT2D eigenvalue weighted by Crippen LogP contribution is -2.22. The summed E-state index contributed by atoms with van der Waals surface area (Å²) >= 11 is 3.28. The Kier molecular flexibility index (Phi) is 2.73. The van der Waals surface area contributed by atoms with E-state index in [9.17, 15) is 0 Å². The quantitative estimate of drug-likeness (QED) is 0.692. The highest BCUT2D eigenvalue weighted by atomic mass is 79.9. The summed E-state index contributed by atoms with van der Waals surface area (Å²) in [5, 5.41) is 0. The first-order chi connectivity index (χ1) is 5.47. The molecule has 0 saturated carbocycles. The maximum absolute atomic E-state index is 5.61. The minimum atomic E-state index is -0.152. The average Bonchev–Trinajstić information content (AvgIpc) is 1.82. The second kappa shape index (κ2) is 3.44. The van der Waals surface area contributed by atoms with Gasteiger partial charge in [-0.3, -0.25) is 0 Å². The van der Waals surface area contributed by atoms with Gasteiger partial charge in [-0.15, -0.1) is 0 Å². The maximum Gasteiger partial charge on any atom is 0.124 e.